The highest BCUT2D eigenvalue weighted by Crippen LogP contribution is 2.22. The van der Waals surface area contributed by atoms with Crippen LogP contribution in [-0.2, 0) is 5.75 Å². The van der Waals surface area contributed by atoms with Gasteiger partial charge in [-0.25, -0.2) is 5.10 Å². The zero-order valence-electron chi connectivity index (χ0n) is 13.3. The highest BCUT2D eigenvalue weighted by molar-refractivity contribution is 7.98. The second-order valence-corrected chi connectivity index (χ2v) is 6.59. The van der Waals surface area contributed by atoms with Crippen LogP contribution in [0, 0.1) is 0 Å². The van der Waals surface area contributed by atoms with E-state index in [9.17, 15) is 0 Å². The number of nitrogens with zero attached hydrogens (tertiary/aromatic N) is 2. The van der Waals surface area contributed by atoms with Gasteiger partial charge in [0.25, 0.3) is 0 Å². The summed E-state index contributed by atoms with van der Waals surface area (Å²) in [7, 11) is 0. The van der Waals surface area contributed by atoms with Crippen LogP contribution in [0.4, 0.5) is 11.6 Å². The average Bonchev–Trinajstić information content (AvgIpc) is 3.02. The molecule has 2 aromatic carbocycles. The van der Waals surface area contributed by atoms with Gasteiger partial charge in [0.15, 0.2) is 0 Å². The molecule has 1 heterocycles. The molecule has 2 N–H and O–H groups in total. The Labute approximate surface area is 140 Å². The zero-order valence-corrected chi connectivity index (χ0v) is 14.1. The topological polar surface area (TPSA) is 53.6 Å². The molecule has 118 valence electrons. The van der Waals surface area contributed by atoms with Crippen LogP contribution in [0.2, 0.25) is 0 Å². The minimum absolute atomic E-state index is 0.566. The van der Waals surface area contributed by atoms with E-state index in [1.807, 2.05) is 30.3 Å². The van der Waals surface area contributed by atoms with E-state index in [2.05, 4.69) is 58.6 Å². The molecule has 1 aromatic heterocycles. The van der Waals surface area contributed by atoms with E-state index in [1.54, 1.807) is 11.8 Å². The number of hydrogen-bond acceptors (Lipinski definition) is 4. The fourth-order valence-electron chi connectivity index (χ4n) is 2.17. The van der Waals surface area contributed by atoms with E-state index in [4.69, 9.17) is 0 Å². The molecule has 0 fully saturated rings. The average molecular weight is 324 g/mol. The van der Waals surface area contributed by atoms with E-state index in [1.165, 1.54) is 11.1 Å². The molecule has 0 aliphatic carbocycles. The van der Waals surface area contributed by atoms with Crippen molar-refractivity contribution >= 4 is 23.4 Å². The van der Waals surface area contributed by atoms with Crippen molar-refractivity contribution in [3.05, 3.63) is 65.7 Å². The summed E-state index contributed by atoms with van der Waals surface area (Å²) in [5.41, 5.74) is 3.64. The molecule has 0 unspecified atom stereocenters. The van der Waals surface area contributed by atoms with Crippen molar-refractivity contribution in [3.63, 3.8) is 0 Å². The maximum absolute atomic E-state index is 4.45. The third-order valence-corrected chi connectivity index (χ3v) is 4.43. The first-order valence-electron chi connectivity index (χ1n) is 7.67. The van der Waals surface area contributed by atoms with Crippen molar-refractivity contribution in [2.45, 2.75) is 30.7 Å². The summed E-state index contributed by atoms with van der Waals surface area (Å²) in [6, 6.07) is 18.7. The van der Waals surface area contributed by atoms with Gasteiger partial charge in [0, 0.05) is 11.4 Å². The van der Waals surface area contributed by atoms with Crippen molar-refractivity contribution in [3.8, 4) is 0 Å². The molecule has 0 atom stereocenters. The number of aromatic amines is 1. The maximum Gasteiger partial charge on any atom is 0.223 e. The maximum atomic E-state index is 4.45. The van der Waals surface area contributed by atoms with Gasteiger partial charge in [-0.1, -0.05) is 68.1 Å². The standard InChI is InChI=1S/C18H20N4S/c1-13(2)15-10-8-14(9-11-15)12-23-18-20-17(21-22-18)19-16-6-4-3-5-7-16/h3-11,13H,12H2,1-2H3,(H2,19,20,21,22). The van der Waals surface area contributed by atoms with Gasteiger partial charge in [0.1, 0.15) is 0 Å². The largest absolute Gasteiger partial charge is 0.325 e. The Morgan fingerprint density at radius 1 is 1.04 bits per heavy atom. The molecule has 0 aliphatic heterocycles. The number of anilines is 2. The Morgan fingerprint density at radius 3 is 2.48 bits per heavy atom. The van der Waals surface area contributed by atoms with E-state index >= 15 is 0 Å². The monoisotopic (exact) mass is 324 g/mol. The third kappa shape index (κ3) is 4.36. The van der Waals surface area contributed by atoms with Crippen molar-refractivity contribution in [1.29, 1.82) is 0 Å². The Bertz CT molecular complexity index is 735. The van der Waals surface area contributed by atoms with Crippen LogP contribution in [0.25, 0.3) is 0 Å². The molecule has 0 saturated heterocycles. The van der Waals surface area contributed by atoms with Gasteiger partial charge in [-0.05, 0) is 29.2 Å². The Balaban J connectivity index is 1.56. The van der Waals surface area contributed by atoms with Crippen molar-refractivity contribution in [2.24, 2.45) is 0 Å². The summed E-state index contributed by atoms with van der Waals surface area (Å²) in [6.45, 7) is 4.41. The van der Waals surface area contributed by atoms with Crippen LogP contribution in [0.5, 0.6) is 0 Å². The van der Waals surface area contributed by atoms with E-state index < -0.39 is 0 Å². The highest BCUT2D eigenvalue weighted by atomic mass is 32.2. The second kappa shape index (κ2) is 7.33. The van der Waals surface area contributed by atoms with Gasteiger partial charge in [-0.3, -0.25) is 0 Å². The van der Waals surface area contributed by atoms with Gasteiger partial charge >= 0.3 is 0 Å². The first-order chi connectivity index (χ1) is 11.2. The number of nitrogens with one attached hydrogen (secondary N) is 2. The number of para-hydroxylation sites is 1. The molecule has 0 saturated carbocycles. The lowest BCUT2D eigenvalue weighted by molar-refractivity contribution is 0.866. The predicted molar refractivity (Wildman–Crippen MR) is 96.2 cm³/mol. The number of hydrogen-bond donors (Lipinski definition) is 2. The van der Waals surface area contributed by atoms with Crippen molar-refractivity contribution < 1.29 is 0 Å². The van der Waals surface area contributed by atoms with E-state index in [0.29, 0.717) is 11.9 Å². The van der Waals surface area contributed by atoms with Crippen LogP contribution in [0.15, 0.2) is 59.8 Å². The third-order valence-electron chi connectivity index (χ3n) is 3.52. The summed E-state index contributed by atoms with van der Waals surface area (Å²) >= 11 is 1.63. The highest BCUT2D eigenvalue weighted by Gasteiger charge is 2.05. The minimum atomic E-state index is 0.566. The lowest BCUT2D eigenvalue weighted by Crippen LogP contribution is -1.91. The van der Waals surface area contributed by atoms with E-state index in [0.717, 1.165) is 16.6 Å². The van der Waals surface area contributed by atoms with Gasteiger partial charge < -0.3 is 5.32 Å². The first kappa shape index (κ1) is 15.6. The lowest BCUT2D eigenvalue weighted by atomic mass is 10.0. The molecule has 0 radical (unpaired) electrons. The Kier molecular flexibility index (Phi) is 4.98. The lowest BCUT2D eigenvalue weighted by Gasteiger charge is -2.05. The first-order valence-corrected chi connectivity index (χ1v) is 8.65. The van der Waals surface area contributed by atoms with Crippen LogP contribution in [0.3, 0.4) is 0 Å². The molecule has 0 spiro atoms. The van der Waals surface area contributed by atoms with Crippen LogP contribution < -0.4 is 5.32 Å². The normalized spacial score (nSPS) is 10.9. The minimum Gasteiger partial charge on any atom is -0.325 e. The van der Waals surface area contributed by atoms with Gasteiger partial charge in [-0.15, -0.1) is 5.10 Å². The summed E-state index contributed by atoms with van der Waals surface area (Å²) in [6.07, 6.45) is 0. The fraction of sp³-hybridized carbons (Fsp3) is 0.222. The number of H-pyrrole nitrogens is 1. The second-order valence-electron chi connectivity index (χ2n) is 5.64. The summed E-state index contributed by atoms with van der Waals surface area (Å²) in [4.78, 5) is 4.45. The smallest absolute Gasteiger partial charge is 0.223 e. The van der Waals surface area contributed by atoms with Crippen LogP contribution >= 0.6 is 11.8 Å². The molecule has 4 nitrogen and oxygen atoms in total. The number of rotatable bonds is 6. The van der Waals surface area contributed by atoms with Gasteiger partial charge in [0.05, 0.1) is 0 Å². The molecule has 3 aromatic rings. The molecule has 5 heteroatoms. The molecule has 3 rings (SSSR count). The number of thioether (sulfide) groups is 1. The molecule has 0 aliphatic rings. The van der Waals surface area contributed by atoms with Crippen molar-refractivity contribution in [2.75, 3.05) is 5.32 Å². The zero-order chi connectivity index (χ0) is 16.1. The van der Waals surface area contributed by atoms with Gasteiger partial charge in [0.2, 0.25) is 11.1 Å². The SMILES string of the molecule is CC(C)c1ccc(CSc2n[nH]c(Nc3ccccc3)n2)cc1. The Morgan fingerprint density at radius 2 is 1.78 bits per heavy atom. The molecule has 0 amide bonds. The quantitative estimate of drug-likeness (QED) is 0.629. The fourth-order valence-corrected chi connectivity index (χ4v) is 2.93. The number of aromatic nitrogens is 3. The summed E-state index contributed by atoms with van der Waals surface area (Å²) in [5, 5.41) is 11.1. The Hall–Kier alpha value is -2.27. The van der Waals surface area contributed by atoms with Crippen LogP contribution in [0.1, 0.15) is 30.9 Å². The van der Waals surface area contributed by atoms with Crippen molar-refractivity contribution in [1.82, 2.24) is 15.2 Å². The molecule has 0 bridgehead atoms. The summed E-state index contributed by atoms with van der Waals surface area (Å²) < 4.78 is 0. The predicted octanol–water partition coefficient (Wildman–Crippen LogP) is 4.96. The van der Waals surface area contributed by atoms with Gasteiger partial charge in [-0.2, -0.15) is 4.98 Å². The molecule has 23 heavy (non-hydrogen) atoms. The molecular formula is C18H20N4S. The van der Waals surface area contributed by atoms with E-state index in [-0.39, 0.29) is 0 Å². The van der Waals surface area contributed by atoms with Crippen LogP contribution in [-0.4, -0.2) is 15.2 Å². The molecular weight excluding hydrogens is 304 g/mol. The summed E-state index contributed by atoms with van der Waals surface area (Å²) in [5.74, 6) is 2.09. The number of benzene rings is 2.